The molecule has 3 atom stereocenters. The van der Waals surface area contributed by atoms with Crippen LogP contribution in [0.5, 0.6) is 5.75 Å². The molecule has 2 heterocycles. The van der Waals surface area contributed by atoms with Gasteiger partial charge in [0.25, 0.3) is 0 Å². The zero-order valence-corrected chi connectivity index (χ0v) is 13.4. The van der Waals surface area contributed by atoms with Gasteiger partial charge in [-0.25, -0.2) is 8.42 Å². The van der Waals surface area contributed by atoms with E-state index < -0.39 is 20.8 Å². The summed E-state index contributed by atoms with van der Waals surface area (Å²) in [6.07, 6.45) is 3.23. The first-order valence-electron chi connectivity index (χ1n) is 7.05. The summed E-state index contributed by atoms with van der Waals surface area (Å²) < 4.78 is 25.8. The van der Waals surface area contributed by atoms with E-state index in [0.717, 1.165) is 12.8 Å². The lowest BCUT2D eigenvalue weighted by Gasteiger charge is -2.36. The highest BCUT2D eigenvalue weighted by Gasteiger charge is 2.44. The number of nitrogens with two attached hydrogens (primary N) is 1. The van der Waals surface area contributed by atoms with Crippen molar-refractivity contribution in [3.63, 3.8) is 0 Å². The van der Waals surface area contributed by atoms with Crippen molar-refractivity contribution >= 4 is 27.1 Å². The Morgan fingerprint density at radius 3 is 2.43 bits per heavy atom. The van der Waals surface area contributed by atoms with Crippen molar-refractivity contribution in [1.82, 2.24) is 4.90 Å². The zero-order valence-electron chi connectivity index (χ0n) is 11.8. The van der Waals surface area contributed by atoms with E-state index in [-0.39, 0.29) is 15.6 Å². The highest BCUT2D eigenvalue weighted by Crippen LogP contribution is 2.43. The number of halogens is 1. The largest absolute Gasteiger partial charge is 0.504 e. The van der Waals surface area contributed by atoms with Crippen LogP contribution in [-0.2, 0) is 9.84 Å². The molecule has 0 aromatic heterocycles. The highest BCUT2D eigenvalue weighted by atomic mass is 35.5. The molecule has 2 fully saturated rings. The number of nitrogens with zero attached hydrogens (tertiary/aromatic N) is 1. The Hall–Kier alpha value is -0.980. The first-order chi connectivity index (χ1) is 9.82. The minimum Gasteiger partial charge on any atom is -0.504 e. The third kappa shape index (κ3) is 2.29. The predicted octanol–water partition coefficient (Wildman–Crippen LogP) is 2.03. The lowest BCUT2D eigenvalue weighted by molar-refractivity contribution is 0.180. The summed E-state index contributed by atoms with van der Waals surface area (Å²) in [6, 6.07) is 3.43. The minimum atomic E-state index is -3.68. The zero-order chi connectivity index (χ0) is 15.4. The number of hydrogen-bond donors (Lipinski definition) is 2. The van der Waals surface area contributed by atoms with Gasteiger partial charge in [0.05, 0.1) is 16.0 Å². The lowest BCUT2D eigenvalue weighted by atomic mass is 10.0. The minimum absolute atomic E-state index is 0.0352. The molecular weight excluding hydrogens is 312 g/mol. The van der Waals surface area contributed by atoms with Crippen molar-refractivity contribution in [1.29, 1.82) is 0 Å². The molecule has 2 bridgehead atoms. The van der Waals surface area contributed by atoms with Gasteiger partial charge in [0.15, 0.2) is 15.6 Å². The summed E-state index contributed by atoms with van der Waals surface area (Å²) in [5.74, 6) is -0.422. The monoisotopic (exact) mass is 330 g/mol. The van der Waals surface area contributed by atoms with E-state index in [1.54, 1.807) is 0 Å². The highest BCUT2D eigenvalue weighted by molar-refractivity contribution is 7.92. The van der Waals surface area contributed by atoms with Crippen LogP contribution in [0.1, 0.15) is 25.7 Å². The number of benzene rings is 1. The molecule has 2 aliphatic rings. The molecule has 5 nitrogen and oxygen atoms in total. The van der Waals surface area contributed by atoms with Crippen LogP contribution in [0.3, 0.4) is 0 Å². The molecule has 116 valence electrons. The van der Waals surface area contributed by atoms with Crippen LogP contribution in [0.15, 0.2) is 17.0 Å². The Morgan fingerprint density at radius 1 is 1.29 bits per heavy atom. The standard InChI is InChI=1S/C14H19ClN2O3S/c1-17-8-2-3-9(17)7-10(6-8)21(19,20)14-11(15)4-5-12(16)13(14)18/h4-5,8-10,18H,2-3,6-7,16H2,1H3/t8-,9+,10?. The van der Waals surface area contributed by atoms with Crippen molar-refractivity contribution in [2.45, 2.75) is 47.9 Å². The summed E-state index contributed by atoms with van der Waals surface area (Å²) in [5.41, 5.74) is 5.66. The predicted molar refractivity (Wildman–Crippen MR) is 82.3 cm³/mol. The number of sulfone groups is 1. The molecule has 0 amide bonds. The SMILES string of the molecule is CN1[C@@H]2CC[C@H]1CC(S(=O)(=O)c1c(Cl)ccc(N)c1O)C2. The van der Waals surface area contributed by atoms with Crippen LogP contribution < -0.4 is 5.73 Å². The molecule has 0 radical (unpaired) electrons. The van der Waals surface area contributed by atoms with Gasteiger partial charge in [-0.15, -0.1) is 0 Å². The number of phenols is 1. The van der Waals surface area contributed by atoms with Gasteiger partial charge in [-0.1, -0.05) is 11.6 Å². The van der Waals surface area contributed by atoms with Gasteiger partial charge in [0, 0.05) is 12.1 Å². The smallest absolute Gasteiger partial charge is 0.186 e. The topological polar surface area (TPSA) is 83.6 Å². The first-order valence-corrected chi connectivity index (χ1v) is 8.97. The van der Waals surface area contributed by atoms with Crippen LogP contribution in [0.25, 0.3) is 0 Å². The summed E-state index contributed by atoms with van der Waals surface area (Å²) in [6.45, 7) is 0. The molecule has 0 spiro atoms. The third-order valence-corrected chi connectivity index (χ3v) is 7.56. The molecule has 0 aliphatic carbocycles. The van der Waals surface area contributed by atoms with Gasteiger partial charge in [0.2, 0.25) is 0 Å². The fraction of sp³-hybridized carbons (Fsp3) is 0.571. The number of hydrogen-bond acceptors (Lipinski definition) is 5. The molecule has 1 unspecified atom stereocenters. The van der Waals surface area contributed by atoms with Crippen molar-refractivity contribution in [3.05, 3.63) is 17.2 Å². The maximum Gasteiger partial charge on any atom is 0.186 e. The van der Waals surface area contributed by atoms with Crippen LogP contribution in [0, 0.1) is 0 Å². The van der Waals surface area contributed by atoms with Gasteiger partial charge in [-0.3, -0.25) is 0 Å². The fourth-order valence-electron chi connectivity index (χ4n) is 3.61. The molecule has 21 heavy (non-hydrogen) atoms. The maximum atomic E-state index is 12.9. The van der Waals surface area contributed by atoms with E-state index in [1.165, 1.54) is 12.1 Å². The Morgan fingerprint density at radius 2 is 1.86 bits per heavy atom. The van der Waals surface area contributed by atoms with E-state index in [2.05, 4.69) is 11.9 Å². The molecule has 3 rings (SSSR count). The quantitative estimate of drug-likeness (QED) is 0.640. The Labute approximate surface area is 129 Å². The normalized spacial score (nSPS) is 29.7. The van der Waals surface area contributed by atoms with Gasteiger partial charge in [-0.05, 0) is 44.9 Å². The molecule has 2 aliphatic heterocycles. The lowest BCUT2D eigenvalue weighted by Crippen LogP contribution is -2.44. The average Bonchev–Trinajstić information content (AvgIpc) is 2.65. The first kappa shape index (κ1) is 14.9. The van der Waals surface area contributed by atoms with Crippen molar-refractivity contribution < 1.29 is 13.5 Å². The molecule has 0 saturated carbocycles. The van der Waals surface area contributed by atoms with Gasteiger partial charge in [0.1, 0.15) is 4.90 Å². The number of fused-ring (bicyclic) bond motifs is 2. The Bertz CT molecular complexity index is 663. The fourth-order valence-corrected chi connectivity index (χ4v) is 6.10. The number of rotatable bonds is 2. The average molecular weight is 331 g/mol. The van der Waals surface area contributed by atoms with Crippen molar-refractivity contribution in [3.8, 4) is 5.75 Å². The van der Waals surface area contributed by atoms with E-state index in [1.807, 2.05) is 0 Å². The number of nitrogen functional groups attached to an aromatic ring is 1. The van der Waals surface area contributed by atoms with Crippen LogP contribution >= 0.6 is 11.6 Å². The van der Waals surface area contributed by atoms with Crippen LogP contribution in [0.2, 0.25) is 5.02 Å². The molecule has 3 N–H and O–H groups in total. The summed E-state index contributed by atoms with van der Waals surface area (Å²) in [5, 5.41) is 9.58. The summed E-state index contributed by atoms with van der Waals surface area (Å²) >= 11 is 6.02. The molecule has 1 aromatic carbocycles. The van der Waals surface area contributed by atoms with E-state index >= 15 is 0 Å². The number of piperidine rings is 1. The maximum absolute atomic E-state index is 12.9. The number of phenolic OH excluding ortho intramolecular Hbond substituents is 1. The Kier molecular flexibility index (Phi) is 3.58. The van der Waals surface area contributed by atoms with Gasteiger partial charge < -0.3 is 15.7 Å². The van der Waals surface area contributed by atoms with E-state index in [4.69, 9.17) is 17.3 Å². The molecular formula is C14H19ClN2O3S. The molecule has 1 aromatic rings. The second-order valence-electron chi connectivity index (χ2n) is 6.00. The number of anilines is 1. The molecule has 7 heteroatoms. The molecule has 2 saturated heterocycles. The Balaban J connectivity index is 2.01. The van der Waals surface area contributed by atoms with Crippen LogP contribution in [0.4, 0.5) is 5.69 Å². The second-order valence-corrected chi connectivity index (χ2v) is 8.58. The van der Waals surface area contributed by atoms with Crippen LogP contribution in [-0.4, -0.2) is 42.8 Å². The summed E-state index contributed by atoms with van der Waals surface area (Å²) in [7, 11) is -1.63. The van der Waals surface area contributed by atoms with Crippen molar-refractivity contribution in [2.75, 3.05) is 12.8 Å². The second kappa shape index (κ2) is 5.04. The van der Waals surface area contributed by atoms with Gasteiger partial charge >= 0.3 is 0 Å². The van der Waals surface area contributed by atoms with E-state index in [0.29, 0.717) is 24.9 Å². The number of aromatic hydroxyl groups is 1. The van der Waals surface area contributed by atoms with Gasteiger partial charge in [-0.2, -0.15) is 0 Å². The van der Waals surface area contributed by atoms with Crippen molar-refractivity contribution in [2.24, 2.45) is 0 Å². The third-order valence-electron chi connectivity index (χ3n) is 4.89. The van der Waals surface area contributed by atoms with E-state index in [9.17, 15) is 13.5 Å². The summed E-state index contributed by atoms with van der Waals surface area (Å²) in [4.78, 5) is 2.06.